The molecule has 0 amide bonds. The van der Waals surface area contributed by atoms with Gasteiger partial charge >= 0.3 is 0 Å². The molecule has 0 aliphatic carbocycles. The predicted octanol–water partition coefficient (Wildman–Crippen LogP) is 2.18. The van der Waals surface area contributed by atoms with Gasteiger partial charge in [0.2, 0.25) is 0 Å². The number of rotatable bonds is 2. The van der Waals surface area contributed by atoms with E-state index in [0.717, 1.165) is 25.2 Å². The van der Waals surface area contributed by atoms with Gasteiger partial charge in [0.15, 0.2) is 0 Å². The van der Waals surface area contributed by atoms with Crippen molar-refractivity contribution in [2.45, 2.75) is 25.9 Å². The third-order valence-electron chi connectivity index (χ3n) is 3.30. The normalized spacial score (nSPS) is 24.3. The Bertz CT molecular complexity index is 354. The van der Waals surface area contributed by atoms with Crippen molar-refractivity contribution in [1.82, 2.24) is 10.2 Å². The molecular weight excluding hydrogens is 203 g/mol. The van der Waals surface area contributed by atoms with E-state index in [1.807, 2.05) is 12.1 Å². The Hall–Kier alpha value is -0.930. The molecular formula is C13H19FN2. The first-order chi connectivity index (χ1) is 7.68. The Balaban J connectivity index is 2.12. The highest BCUT2D eigenvalue weighted by atomic mass is 19.1. The molecule has 1 aromatic rings. The van der Waals surface area contributed by atoms with E-state index in [1.54, 1.807) is 6.07 Å². The Labute approximate surface area is 96.5 Å². The van der Waals surface area contributed by atoms with Crippen molar-refractivity contribution < 1.29 is 4.39 Å². The molecule has 1 aliphatic heterocycles. The van der Waals surface area contributed by atoms with Crippen LogP contribution in [0, 0.1) is 5.82 Å². The summed E-state index contributed by atoms with van der Waals surface area (Å²) in [6, 6.07) is 7.71. The maximum Gasteiger partial charge on any atom is 0.127 e. The molecule has 0 aromatic heterocycles. The highest BCUT2D eigenvalue weighted by molar-refractivity contribution is 5.20. The molecule has 2 nitrogen and oxygen atoms in total. The number of nitrogens with one attached hydrogen (secondary N) is 1. The van der Waals surface area contributed by atoms with Gasteiger partial charge in [0, 0.05) is 37.3 Å². The van der Waals surface area contributed by atoms with Gasteiger partial charge in [-0.05, 0) is 19.9 Å². The molecule has 2 atom stereocenters. The summed E-state index contributed by atoms with van der Waals surface area (Å²) in [5.74, 6) is -0.0961. The molecule has 88 valence electrons. The van der Waals surface area contributed by atoms with Gasteiger partial charge in [-0.3, -0.25) is 4.90 Å². The zero-order valence-corrected chi connectivity index (χ0v) is 9.91. The van der Waals surface area contributed by atoms with Crippen molar-refractivity contribution in [3.63, 3.8) is 0 Å². The van der Waals surface area contributed by atoms with E-state index >= 15 is 0 Å². The number of piperazine rings is 1. The minimum atomic E-state index is -0.0961. The number of hydrogen-bond donors (Lipinski definition) is 1. The van der Waals surface area contributed by atoms with Gasteiger partial charge in [-0.25, -0.2) is 4.39 Å². The molecule has 1 aliphatic rings. The fourth-order valence-electron chi connectivity index (χ4n) is 2.32. The lowest BCUT2D eigenvalue weighted by molar-refractivity contribution is 0.156. The van der Waals surface area contributed by atoms with Crippen LogP contribution in [0.5, 0.6) is 0 Å². The van der Waals surface area contributed by atoms with Crippen molar-refractivity contribution in [2.24, 2.45) is 0 Å². The van der Waals surface area contributed by atoms with Crippen LogP contribution in [0.25, 0.3) is 0 Å². The lowest BCUT2D eigenvalue weighted by Crippen LogP contribution is -2.49. The number of nitrogens with zero attached hydrogens (tertiary/aromatic N) is 1. The maximum atomic E-state index is 13.6. The van der Waals surface area contributed by atoms with E-state index in [4.69, 9.17) is 0 Å². The Morgan fingerprint density at radius 1 is 1.44 bits per heavy atom. The van der Waals surface area contributed by atoms with Crippen LogP contribution in [-0.4, -0.2) is 30.6 Å². The average Bonchev–Trinajstić information content (AvgIpc) is 2.29. The average molecular weight is 222 g/mol. The maximum absolute atomic E-state index is 13.6. The van der Waals surface area contributed by atoms with Gasteiger partial charge in [0.05, 0.1) is 0 Å². The zero-order chi connectivity index (χ0) is 11.5. The van der Waals surface area contributed by atoms with Gasteiger partial charge in [0.1, 0.15) is 5.82 Å². The lowest BCUT2D eigenvalue weighted by atomic mass is 10.0. The number of benzene rings is 1. The highest BCUT2D eigenvalue weighted by Crippen LogP contribution is 2.23. The third-order valence-corrected chi connectivity index (χ3v) is 3.30. The molecule has 16 heavy (non-hydrogen) atoms. The van der Waals surface area contributed by atoms with Crippen LogP contribution in [0.1, 0.15) is 25.5 Å². The van der Waals surface area contributed by atoms with Crippen LogP contribution in [-0.2, 0) is 0 Å². The molecule has 2 rings (SSSR count). The number of hydrogen-bond acceptors (Lipinski definition) is 2. The van der Waals surface area contributed by atoms with Gasteiger partial charge in [-0.15, -0.1) is 0 Å². The van der Waals surface area contributed by atoms with Crippen molar-refractivity contribution in [3.05, 3.63) is 35.6 Å². The Kier molecular flexibility index (Phi) is 3.56. The summed E-state index contributed by atoms with van der Waals surface area (Å²) >= 11 is 0. The fourth-order valence-corrected chi connectivity index (χ4v) is 2.32. The smallest absolute Gasteiger partial charge is 0.127 e. The number of halogens is 1. The summed E-state index contributed by atoms with van der Waals surface area (Å²) < 4.78 is 13.6. The zero-order valence-electron chi connectivity index (χ0n) is 9.91. The van der Waals surface area contributed by atoms with Gasteiger partial charge in [-0.2, -0.15) is 0 Å². The summed E-state index contributed by atoms with van der Waals surface area (Å²) in [6.45, 7) is 7.20. The van der Waals surface area contributed by atoms with E-state index in [-0.39, 0.29) is 11.9 Å². The second-order valence-corrected chi connectivity index (χ2v) is 4.55. The summed E-state index contributed by atoms with van der Waals surface area (Å²) in [4.78, 5) is 2.33. The van der Waals surface area contributed by atoms with Crippen LogP contribution in [0.2, 0.25) is 0 Å². The van der Waals surface area contributed by atoms with E-state index < -0.39 is 0 Å². The minimum absolute atomic E-state index is 0.0961. The van der Waals surface area contributed by atoms with E-state index in [2.05, 4.69) is 24.1 Å². The third kappa shape index (κ3) is 2.42. The van der Waals surface area contributed by atoms with Crippen molar-refractivity contribution >= 4 is 0 Å². The first kappa shape index (κ1) is 11.6. The van der Waals surface area contributed by atoms with Crippen LogP contribution in [0.15, 0.2) is 24.3 Å². The monoisotopic (exact) mass is 222 g/mol. The van der Waals surface area contributed by atoms with Crippen molar-refractivity contribution in [3.8, 4) is 0 Å². The largest absolute Gasteiger partial charge is 0.312 e. The SMILES string of the molecule is CC1CN(C(C)c2ccccc2F)CCN1. The molecule has 1 aromatic carbocycles. The molecule has 1 N–H and O–H groups in total. The predicted molar refractivity (Wildman–Crippen MR) is 63.9 cm³/mol. The quantitative estimate of drug-likeness (QED) is 0.825. The van der Waals surface area contributed by atoms with Crippen LogP contribution < -0.4 is 5.32 Å². The molecule has 3 heteroatoms. The summed E-state index contributed by atoms with van der Waals surface area (Å²) in [5.41, 5.74) is 0.802. The van der Waals surface area contributed by atoms with Crippen LogP contribution in [0.3, 0.4) is 0 Å². The second kappa shape index (κ2) is 4.93. The van der Waals surface area contributed by atoms with Gasteiger partial charge in [-0.1, -0.05) is 18.2 Å². The molecule has 1 fully saturated rings. The van der Waals surface area contributed by atoms with E-state index in [0.29, 0.717) is 6.04 Å². The molecule has 1 saturated heterocycles. The van der Waals surface area contributed by atoms with Crippen LogP contribution in [0.4, 0.5) is 4.39 Å². The van der Waals surface area contributed by atoms with E-state index in [1.165, 1.54) is 6.07 Å². The Morgan fingerprint density at radius 2 is 2.19 bits per heavy atom. The standard InChI is InChI=1S/C13H19FN2/c1-10-9-16(8-7-15-10)11(2)12-5-3-4-6-13(12)14/h3-6,10-11,15H,7-9H2,1-2H3. The topological polar surface area (TPSA) is 15.3 Å². The lowest BCUT2D eigenvalue weighted by Gasteiger charge is -2.36. The van der Waals surface area contributed by atoms with Gasteiger partial charge < -0.3 is 5.32 Å². The molecule has 1 heterocycles. The first-order valence-corrected chi connectivity index (χ1v) is 5.90. The summed E-state index contributed by atoms with van der Waals surface area (Å²) in [5, 5.41) is 3.40. The molecule has 0 radical (unpaired) electrons. The van der Waals surface area contributed by atoms with Crippen LogP contribution >= 0.6 is 0 Å². The summed E-state index contributed by atoms with van der Waals surface area (Å²) in [6.07, 6.45) is 0. The molecule has 0 spiro atoms. The first-order valence-electron chi connectivity index (χ1n) is 5.90. The Morgan fingerprint density at radius 3 is 2.88 bits per heavy atom. The van der Waals surface area contributed by atoms with E-state index in [9.17, 15) is 4.39 Å². The van der Waals surface area contributed by atoms with Gasteiger partial charge in [0.25, 0.3) is 0 Å². The van der Waals surface area contributed by atoms with Crippen molar-refractivity contribution in [1.29, 1.82) is 0 Å². The fraction of sp³-hybridized carbons (Fsp3) is 0.538. The molecule has 0 bridgehead atoms. The van der Waals surface area contributed by atoms with Crippen molar-refractivity contribution in [2.75, 3.05) is 19.6 Å². The summed E-state index contributed by atoms with van der Waals surface area (Å²) in [7, 11) is 0. The molecule has 0 saturated carbocycles. The molecule has 2 unspecified atom stereocenters. The highest BCUT2D eigenvalue weighted by Gasteiger charge is 2.22. The second-order valence-electron chi connectivity index (χ2n) is 4.55. The minimum Gasteiger partial charge on any atom is -0.312 e.